The van der Waals surface area contributed by atoms with Crippen LogP contribution in [0, 0.1) is 0 Å². The summed E-state index contributed by atoms with van der Waals surface area (Å²) in [5.74, 6) is 0. The summed E-state index contributed by atoms with van der Waals surface area (Å²) >= 11 is 0. The number of benzene rings is 7. The Hall–Kier alpha value is -4.42. The van der Waals surface area contributed by atoms with E-state index >= 15 is 0 Å². The van der Waals surface area contributed by atoms with Crippen LogP contribution in [-0.4, -0.2) is 0 Å². The molecule has 7 aromatic carbocycles. The molecule has 34 heavy (non-hydrogen) atoms. The second kappa shape index (κ2) is 7.57. The molecular formula is C34H22. The van der Waals surface area contributed by atoms with E-state index in [2.05, 4.69) is 133 Å². The molecule has 0 nitrogen and oxygen atoms in total. The number of hydrogen-bond donors (Lipinski definition) is 0. The fourth-order valence-electron chi connectivity index (χ4n) is 5.29. The van der Waals surface area contributed by atoms with Gasteiger partial charge in [0.2, 0.25) is 0 Å². The van der Waals surface area contributed by atoms with Crippen LogP contribution < -0.4 is 0 Å². The van der Waals surface area contributed by atoms with Crippen LogP contribution in [0.4, 0.5) is 0 Å². The first-order valence-corrected chi connectivity index (χ1v) is 11.8. The van der Waals surface area contributed by atoms with Crippen molar-refractivity contribution in [1.29, 1.82) is 0 Å². The summed E-state index contributed by atoms with van der Waals surface area (Å²) in [4.78, 5) is 0. The van der Waals surface area contributed by atoms with Gasteiger partial charge in [-0.05, 0) is 89.6 Å². The van der Waals surface area contributed by atoms with E-state index in [1.54, 1.807) is 0 Å². The van der Waals surface area contributed by atoms with Crippen molar-refractivity contribution in [1.82, 2.24) is 0 Å². The third-order valence-electron chi connectivity index (χ3n) is 7.00. The zero-order valence-electron chi connectivity index (χ0n) is 18.7. The molecule has 0 aliphatic rings. The molecule has 0 atom stereocenters. The van der Waals surface area contributed by atoms with Gasteiger partial charge in [0.25, 0.3) is 0 Å². The minimum Gasteiger partial charge on any atom is -0.0616 e. The predicted octanol–water partition coefficient (Wildman–Crippen LogP) is 9.63. The van der Waals surface area contributed by atoms with Gasteiger partial charge in [-0.1, -0.05) is 109 Å². The Bertz CT molecular complexity index is 1710. The van der Waals surface area contributed by atoms with Crippen molar-refractivity contribution in [2.75, 3.05) is 0 Å². The van der Waals surface area contributed by atoms with Crippen LogP contribution >= 0.6 is 0 Å². The first-order valence-electron chi connectivity index (χ1n) is 11.8. The van der Waals surface area contributed by atoms with Gasteiger partial charge < -0.3 is 0 Å². The van der Waals surface area contributed by atoms with Gasteiger partial charge in [-0.25, -0.2) is 0 Å². The second-order valence-electron chi connectivity index (χ2n) is 9.03. The number of hydrogen-bond acceptors (Lipinski definition) is 0. The lowest BCUT2D eigenvalue weighted by Gasteiger charge is -2.11. The molecule has 0 aromatic heterocycles. The number of fused-ring (bicyclic) bond motifs is 4. The van der Waals surface area contributed by atoms with E-state index in [0.29, 0.717) is 0 Å². The van der Waals surface area contributed by atoms with Crippen molar-refractivity contribution in [3.63, 3.8) is 0 Å². The van der Waals surface area contributed by atoms with E-state index in [1.165, 1.54) is 65.3 Å². The van der Waals surface area contributed by atoms with Crippen LogP contribution in [0.25, 0.3) is 65.3 Å². The van der Waals surface area contributed by atoms with Gasteiger partial charge in [-0.15, -0.1) is 0 Å². The fraction of sp³-hybridized carbons (Fsp3) is 0. The van der Waals surface area contributed by atoms with E-state index < -0.39 is 0 Å². The van der Waals surface area contributed by atoms with Crippen molar-refractivity contribution in [2.45, 2.75) is 0 Å². The van der Waals surface area contributed by atoms with Crippen molar-refractivity contribution >= 4 is 43.1 Å². The quantitative estimate of drug-likeness (QED) is 0.239. The van der Waals surface area contributed by atoms with E-state index in [9.17, 15) is 0 Å². The maximum absolute atomic E-state index is 2.34. The molecule has 0 spiro atoms. The summed E-state index contributed by atoms with van der Waals surface area (Å²) in [5, 5.41) is 10.2. The first kappa shape index (κ1) is 19.1. The Labute approximate surface area is 198 Å². The summed E-state index contributed by atoms with van der Waals surface area (Å²) in [5.41, 5.74) is 5.08. The molecule has 7 aromatic rings. The Balaban J connectivity index is 1.41. The monoisotopic (exact) mass is 430 g/mol. The molecule has 0 saturated carbocycles. The van der Waals surface area contributed by atoms with Crippen molar-refractivity contribution < 1.29 is 0 Å². The fourth-order valence-corrected chi connectivity index (χ4v) is 5.29. The Kier molecular flexibility index (Phi) is 4.25. The van der Waals surface area contributed by atoms with Gasteiger partial charge >= 0.3 is 0 Å². The maximum atomic E-state index is 2.34. The van der Waals surface area contributed by atoms with Gasteiger partial charge in [0.1, 0.15) is 0 Å². The average Bonchev–Trinajstić information content (AvgIpc) is 2.90. The molecule has 0 saturated heterocycles. The molecule has 0 amide bonds. The Morgan fingerprint density at radius 3 is 1.24 bits per heavy atom. The van der Waals surface area contributed by atoms with Crippen molar-refractivity contribution in [2.24, 2.45) is 0 Å². The van der Waals surface area contributed by atoms with E-state index in [0.717, 1.165) is 0 Å². The standard InChI is InChI=1S/C34H22/c1-3-11-31-23(7-1)9-5-13-33(31)27-17-15-25-19-26-16-18-28(21-30(26)22-29(25)20-27)34-14-6-10-24-8-2-4-12-32(24)34/h1-22H. The number of rotatable bonds is 2. The van der Waals surface area contributed by atoms with Crippen LogP contribution in [0.15, 0.2) is 133 Å². The summed E-state index contributed by atoms with van der Waals surface area (Å²) in [7, 11) is 0. The lowest BCUT2D eigenvalue weighted by atomic mass is 9.93. The highest BCUT2D eigenvalue weighted by atomic mass is 14.1. The molecule has 0 aliphatic carbocycles. The lowest BCUT2D eigenvalue weighted by Crippen LogP contribution is -1.84. The van der Waals surface area contributed by atoms with Crippen LogP contribution in [0.2, 0.25) is 0 Å². The predicted molar refractivity (Wildman–Crippen MR) is 147 cm³/mol. The SMILES string of the molecule is c1ccc2c(-c3ccc4cc5ccc(-c6cccc7ccccc67)cc5cc4c3)cccc2c1. The summed E-state index contributed by atoms with van der Waals surface area (Å²) in [6.45, 7) is 0. The van der Waals surface area contributed by atoms with Crippen LogP contribution in [0.5, 0.6) is 0 Å². The molecular weight excluding hydrogens is 408 g/mol. The zero-order valence-corrected chi connectivity index (χ0v) is 18.7. The molecule has 0 aliphatic heterocycles. The van der Waals surface area contributed by atoms with Gasteiger partial charge in [0, 0.05) is 0 Å². The van der Waals surface area contributed by atoms with Gasteiger partial charge in [-0.3, -0.25) is 0 Å². The second-order valence-corrected chi connectivity index (χ2v) is 9.03. The highest BCUT2D eigenvalue weighted by Crippen LogP contribution is 2.35. The molecule has 0 heteroatoms. The Morgan fingerprint density at radius 1 is 0.265 bits per heavy atom. The molecule has 0 radical (unpaired) electrons. The minimum atomic E-state index is 1.26. The van der Waals surface area contributed by atoms with E-state index in [-0.39, 0.29) is 0 Å². The molecule has 0 unspecified atom stereocenters. The third kappa shape index (κ3) is 3.08. The summed E-state index contributed by atoms with van der Waals surface area (Å²) < 4.78 is 0. The Morgan fingerprint density at radius 2 is 0.706 bits per heavy atom. The van der Waals surface area contributed by atoms with Gasteiger partial charge in [-0.2, -0.15) is 0 Å². The van der Waals surface area contributed by atoms with Crippen LogP contribution in [-0.2, 0) is 0 Å². The van der Waals surface area contributed by atoms with E-state index in [4.69, 9.17) is 0 Å². The van der Waals surface area contributed by atoms with Gasteiger partial charge in [0.15, 0.2) is 0 Å². The molecule has 0 bridgehead atoms. The normalized spacial score (nSPS) is 11.5. The van der Waals surface area contributed by atoms with E-state index in [1.807, 2.05) is 0 Å². The van der Waals surface area contributed by atoms with Crippen LogP contribution in [0.3, 0.4) is 0 Å². The molecule has 0 fully saturated rings. The maximum Gasteiger partial charge on any atom is -0.0105 e. The third-order valence-corrected chi connectivity index (χ3v) is 7.00. The van der Waals surface area contributed by atoms with Crippen molar-refractivity contribution in [3.8, 4) is 22.3 Å². The van der Waals surface area contributed by atoms with Crippen LogP contribution in [0.1, 0.15) is 0 Å². The summed E-state index contributed by atoms with van der Waals surface area (Å²) in [6.07, 6.45) is 0. The summed E-state index contributed by atoms with van der Waals surface area (Å²) in [6, 6.07) is 48.7. The molecule has 7 rings (SSSR count). The largest absolute Gasteiger partial charge is 0.0616 e. The minimum absolute atomic E-state index is 1.26. The zero-order chi connectivity index (χ0) is 22.5. The molecule has 0 heterocycles. The molecule has 158 valence electrons. The smallest absolute Gasteiger partial charge is 0.0105 e. The van der Waals surface area contributed by atoms with Gasteiger partial charge in [0.05, 0.1) is 0 Å². The van der Waals surface area contributed by atoms with Crippen molar-refractivity contribution in [3.05, 3.63) is 133 Å². The highest BCUT2D eigenvalue weighted by molar-refractivity contribution is 6.05. The lowest BCUT2D eigenvalue weighted by molar-refractivity contribution is 1.67. The topological polar surface area (TPSA) is 0 Å². The molecule has 0 N–H and O–H groups in total. The average molecular weight is 431 g/mol. The highest BCUT2D eigenvalue weighted by Gasteiger charge is 2.08. The first-order chi connectivity index (χ1) is 16.8.